The Morgan fingerprint density at radius 3 is 1.38 bits per heavy atom. The Morgan fingerprint density at radius 2 is 1.05 bits per heavy atom. The molecule has 7 heteroatoms. The van der Waals surface area contributed by atoms with Crippen molar-refractivity contribution in [1.82, 2.24) is 0 Å². The Hall–Kier alpha value is -3.60. The van der Waals surface area contributed by atoms with Crippen LogP contribution < -0.4 is 15.9 Å². The number of carbonyl (C=O) groups excluding carboxylic acids is 1. The fourth-order valence-corrected chi connectivity index (χ4v) is 9.24. The summed E-state index contributed by atoms with van der Waals surface area (Å²) in [5.74, 6) is -1.20. The number of hydrogen-bond acceptors (Lipinski definition) is 3. The van der Waals surface area contributed by atoms with Crippen LogP contribution in [-0.4, -0.2) is 29.2 Å². The lowest BCUT2D eigenvalue weighted by Gasteiger charge is -2.40. The van der Waals surface area contributed by atoms with E-state index in [1.54, 1.807) is 97.1 Å². The molecule has 0 aromatic heterocycles. The van der Waals surface area contributed by atoms with Crippen LogP contribution in [0, 0.1) is 0 Å². The third kappa shape index (κ3) is 4.63. The third-order valence-electron chi connectivity index (χ3n) is 6.18. The first-order chi connectivity index (χ1) is 17.8. The molecule has 190 valence electrons. The number of benzene rings is 4. The molecule has 0 aliphatic carbocycles. The standard InChI is InChI=1S/C30H26F3O3P/c1-2-36-28(34)27(29(35,30(31,32)33)23-15-7-3-8-16-23)37(24-17-9-4-10-18-24,25-19-11-5-12-20-25)26-21-13-6-14-22-26/h3-22,35H,2H2,1H3. The molecule has 4 aromatic carbocycles. The van der Waals surface area contributed by atoms with Gasteiger partial charge in [-0.1, -0.05) is 121 Å². The lowest BCUT2D eigenvalue weighted by atomic mass is 9.89. The minimum absolute atomic E-state index is 0.163. The average molecular weight is 523 g/mol. The summed E-state index contributed by atoms with van der Waals surface area (Å²) in [7, 11) is 0. The van der Waals surface area contributed by atoms with E-state index in [-0.39, 0.29) is 6.61 Å². The summed E-state index contributed by atoms with van der Waals surface area (Å²) in [5, 5.41) is 12.7. The smallest absolute Gasteiger partial charge is 0.426 e. The zero-order valence-corrected chi connectivity index (χ0v) is 21.0. The first-order valence-electron chi connectivity index (χ1n) is 11.7. The maximum atomic E-state index is 15.3. The summed E-state index contributed by atoms with van der Waals surface area (Å²) < 4.78 is 51.1. The molecule has 4 aromatic rings. The molecule has 0 saturated heterocycles. The van der Waals surface area contributed by atoms with Crippen LogP contribution in [0.3, 0.4) is 0 Å². The highest BCUT2D eigenvalue weighted by Gasteiger charge is 2.62. The Bertz CT molecular complexity index is 1290. The first-order valence-corrected chi connectivity index (χ1v) is 13.5. The number of rotatable bonds is 7. The van der Waals surface area contributed by atoms with Crippen LogP contribution >= 0.6 is 6.89 Å². The molecule has 1 atom stereocenters. The van der Waals surface area contributed by atoms with Crippen molar-refractivity contribution in [2.45, 2.75) is 18.7 Å². The lowest BCUT2D eigenvalue weighted by molar-refractivity contribution is -0.235. The summed E-state index contributed by atoms with van der Waals surface area (Å²) in [4.78, 5) is 13.9. The molecule has 0 fully saturated rings. The van der Waals surface area contributed by atoms with Gasteiger partial charge in [0.25, 0.3) is 0 Å². The van der Waals surface area contributed by atoms with E-state index in [2.05, 4.69) is 0 Å². The molecule has 3 nitrogen and oxygen atoms in total. The monoisotopic (exact) mass is 522 g/mol. The van der Waals surface area contributed by atoms with Crippen molar-refractivity contribution >= 4 is 34.1 Å². The van der Waals surface area contributed by atoms with Gasteiger partial charge < -0.3 is 9.84 Å². The second-order valence-corrected chi connectivity index (χ2v) is 11.7. The van der Waals surface area contributed by atoms with Gasteiger partial charge in [-0.2, -0.15) is 13.2 Å². The highest BCUT2D eigenvalue weighted by Crippen LogP contribution is 2.54. The molecule has 0 saturated carbocycles. The van der Waals surface area contributed by atoms with Crippen LogP contribution in [0.5, 0.6) is 0 Å². The lowest BCUT2D eigenvalue weighted by Crippen LogP contribution is -2.55. The van der Waals surface area contributed by atoms with E-state index in [1.807, 2.05) is 0 Å². The van der Waals surface area contributed by atoms with Crippen LogP contribution in [0.15, 0.2) is 121 Å². The van der Waals surface area contributed by atoms with E-state index in [1.165, 1.54) is 31.2 Å². The highest BCUT2D eigenvalue weighted by molar-refractivity contribution is 7.96. The molecule has 4 rings (SSSR count). The summed E-state index contributed by atoms with van der Waals surface area (Å²) in [6.07, 6.45) is -5.25. The third-order valence-corrected chi connectivity index (χ3v) is 10.6. The van der Waals surface area contributed by atoms with E-state index >= 15 is 13.2 Å². The normalized spacial score (nSPS) is 13.4. The van der Waals surface area contributed by atoms with Crippen molar-refractivity contribution in [2.75, 3.05) is 6.61 Å². The van der Waals surface area contributed by atoms with Gasteiger partial charge in [0.15, 0.2) is 0 Å². The van der Waals surface area contributed by atoms with E-state index in [0.717, 1.165) is 0 Å². The van der Waals surface area contributed by atoms with Gasteiger partial charge in [-0.3, -0.25) is 0 Å². The SMILES string of the molecule is CCOC(=O)C(C(O)(c1ccccc1)C(F)(F)F)=P(c1ccccc1)(c1ccccc1)c1ccccc1. The molecule has 37 heavy (non-hydrogen) atoms. The fraction of sp³-hybridized carbons (Fsp3) is 0.133. The van der Waals surface area contributed by atoms with Crippen LogP contribution in [0.2, 0.25) is 0 Å². The molecule has 0 aliphatic heterocycles. The van der Waals surface area contributed by atoms with Crippen LogP contribution in [-0.2, 0) is 15.1 Å². The van der Waals surface area contributed by atoms with Crippen molar-refractivity contribution in [3.8, 4) is 0 Å². The van der Waals surface area contributed by atoms with Crippen molar-refractivity contribution in [2.24, 2.45) is 0 Å². The average Bonchev–Trinajstić information content (AvgIpc) is 2.93. The number of aliphatic hydroxyl groups is 1. The predicted molar refractivity (Wildman–Crippen MR) is 143 cm³/mol. The minimum Gasteiger partial charge on any atom is -0.462 e. The maximum absolute atomic E-state index is 15.3. The van der Waals surface area contributed by atoms with Gasteiger partial charge in [0.1, 0.15) is 0 Å². The van der Waals surface area contributed by atoms with Gasteiger partial charge in [0.05, 0.1) is 11.9 Å². The molecule has 1 N–H and O–H groups in total. The number of carbonyl (C=O) groups is 1. The topological polar surface area (TPSA) is 46.5 Å². The van der Waals surface area contributed by atoms with E-state index in [9.17, 15) is 9.90 Å². The van der Waals surface area contributed by atoms with E-state index in [0.29, 0.717) is 15.9 Å². The van der Waals surface area contributed by atoms with Crippen molar-refractivity contribution in [1.29, 1.82) is 0 Å². The molecule has 0 radical (unpaired) electrons. The second-order valence-electron chi connectivity index (χ2n) is 8.32. The number of alkyl halides is 3. The molecule has 0 bridgehead atoms. The zero-order chi connectivity index (χ0) is 26.5. The molecule has 0 amide bonds. The van der Waals surface area contributed by atoms with Crippen LogP contribution in [0.1, 0.15) is 12.5 Å². The van der Waals surface area contributed by atoms with Gasteiger partial charge >= 0.3 is 12.1 Å². The summed E-state index contributed by atoms with van der Waals surface area (Å²) in [6, 6.07) is 32.5. The van der Waals surface area contributed by atoms with E-state index in [4.69, 9.17) is 4.74 Å². The van der Waals surface area contributed by atoms with Crippen molar-refractivity contribution in [3.05, 3.63) is 127 Å². The Labute approximate surface area is 214 Å². The van der Waals surface area contributed by atoms with Crippen molar-refractivity contribution < 1.29 is 27.8 Å². The van der Waals surface area contributed by atoms with Gasteiger partial charge in [-0.15, -0.1) is 0 Å². The Balaban J connectivity index is 2.40. The molecule has 0 aliphatic rings. The summed E-state index contributed by atoms with van der Waals surface area (Å²) in [5.41, 5.74) is -4.10. The molecule has 1 unspecified atom stereocenters. The Kier molecular flexibility index (Phi) is 7.72. The predicted octanol–water partition coefficient (Wildman–Crippen LogP) is 5.17. The van der Waals surface area contributed by atoms with Gasteiger partial charge in [-0.05, 0) is 35.3 Å². The second kappa shape index (κ2) is 10.8. The van der Waals surface area contributed by atoms with Crippen LogP contribution in [0.25, 0.3) is 0 Å². The molecule has 0 heterocycles. The number of esters is 1. The zero-order valence-electron chi connectivity index (χ0n) is 20.1. The first kappa shape index (κ1) is 26.5. The summed E-state index contributed by atoms with van der Waals surface area (Å²) in [6.45, 7) is -2.30. The number of halogens is 3. The van der Waals surface area contributed by atoms with Crippen molar-refractivity contribution in [3.63, 3.8) is 0 Å². The molecular formula is C30H26F3O3P. The largest absolute Gasteiger partial charge is 0.462 e. The highest BCUT2D eigenvalue weighted by atomic mass is 31.2. The van der Waals surface area contributed by atoms with E-state index < -0.39 is 35.5 Å². The van der Waals surface area contributed by atoms with Crippen LogP contribution in [0.4, 0.5) is 13.2 Å². The molecular weight excluding hydrogens is 496 g/mol. The fourth-order valence-electron chi connectivity index (χ4n) is 4.63. The quantitative estimate of drug-likeness (QED) is 0.269. The van der Waals surface area contributed by atoms with Gasteiger partial charge in [-0.25, -0.2) is 4.79 Å². The van der Waals surface area contributed by atoms with Gasteiger partial charge in [0, 0.05) is 0 Å². The number of hydrogen-bond donors (Lipinski definition) is 1. The summed E-state index contributed by atoms with van der Waals surface area (Å²) >= 11 is 0. The minimum atomic E-state index is -5.25. The van der Waals surface area contributed by atoms with Gasteiger partial charge in [0.2, 0.25) is 5.60 Å². The number of ether oxygens (including phenoxy) is 1. The molecule has 0 spiro atoms. The Morgan fingerprint density at radius 1 is 0.703 bits per heavy atom. The maximum Gasteiger partial charge on any atom is 0.426 e.